The highest BCUT2D eigenvalue weighted by Crippen LogP contribution is 2.19. The second kappa shape index (κ2) is 6.95. The predicted molar refractivity (Wildman–Crippen MR) is 93.5 cm³/mol. The molecule has 6 nitrogen and oxygen atoms in total. The molecule has 1 saturated heterocycles. The molecule has 1 N–H and O–H groups in total. The first-order valence-electron chi connectivity index (χ1n) is 7.92. The number of carbonyl (C=O) groups excluding carboxylic acids is 1. The normalized spacial score (nSPS) is 14.1. The van der Waals surface area contributed by atoms with Crippen molar-refractivity contribution in [2.75, 3.05) is 17.8 Å². The SMILES string of the molecule is N#Cc1ccc(NS(=O)(=O)c2cccc(C(=O)N3CCCC3)c2)cc1. The standard InChI is InChI=1S/C18H17N3O3S/c19-13-14-6-8-16(9-7-14)20-25(23,24)17-5-3-4-15(12-17)18(22)21-10-1-2-11-21/h3-9,12,20H,1-2,10-11H2. The summed E-state index contributed by atoms with van der Waals surface area (Å²) in [5, 5.41) is 8.79. The maximum atomic E-state index is 12.6. The van der Waals surface area contributed by atoms with Gasteiger partial charge in [-0.05, 0) is 55.3 Å². The fourth-order valence-corrected chi connectivity index (χ4v) is 3.83. The van der Waals surface area contributed by atoms with Gasteiger partial charge in [-0.1, -0.05) is 6.07 Å². The van der Waals surface area contributed by atoms with Gasteiger partial charge in [-0.3, -0.25) is 9.52 Å². The highest BCUT2D eigenvalue weighted by molar-refractivity contribution is 7.92. The van der Waals surface area contributed by atoms with Crippen LogP contribution in [0.1, 0.15) is 28.8 Å². The van der Waals surface area contributed by atoms with Gasteiger partial charge in [0, 0.05) is 24.3 Å². The minimum atomic E-state index is -3.82. The second-order valence-corrected chi connectivity index (χ2v) is 7.50. The molecule has 0 spiro atoms. The number of hydrogen-bond acceptors (Lipinski definition) is 4. The lowest BCUT2D eigenvalue weighted by Gasteiger charge is -2.16. The molecule has 2 aromatic rings. The smallest absolute Gasteiger partial charge is 0.261 e. The highest BCUT2D eigenvalue weighted by Gasteiger charge is 2.22. The molecule has 2 aromatic carbocycles. The Labute approximate surface area is 146 Å². The molecule has 1 aliphatic rings. The molecule has 1 aliphatic heterocycles. The molecule has 1 fully saturated rings. The first-order chi connectivity index (χ1) is 12.0. The molecule has 3 rings (SSSR count). The number of nitrogens with one attached hydrogen (secondary N) is 1. The maximum Gasteiger partial charge on any atom is 0.261 e. The van der Waals surface area contributed by atoms with Crippen LogP contribution in [0.3, 0.4) is 0 Å². The predicted octanol–water partition coefficient (Wildman–Crippen LogP) is 2.60. The summed E-state index contributed by atoms with van der Waals surface area (Å²) < 4.78 is 27.6. The number of hydrogen-bond donors (Lipinski definition) is 1. The van der Waals surface area contributed by atoms with E-state index in [2.05, 4.69) is 4.72 Å². The van der Waals surface area contributed by atoms with E-state index in [4.69, 9.17) is 5.26 Å². The number of nitriles is 1. The summed E-state index contributed by atoms with van der Waals surface area (Å²) in [7, 11) is -3.82. The average molecular weight is 355 g/mol. The van der Waals surface area contributed by atoms with Gasteiger partial charge in [-0.2, -0.15) is 5.26 Å². The molecule has 0 aliphatic carbocycles. The maximum absolute atomic E-state index is 12.6. The number of carbonyl (C=O) groups is 1. The number of sulfonamides is 1. The van der Waals surface area contributed by atoms with Gasteiger partial charge in [0.15, 0.2) is 0 Å². The van der Waals surface area contributed by atoms with Crippen molar-refractivity contribution in [2.24, 2.45) is 0 Å². The zero-order chi connectivity index (χ0) is 17.9. The molecule has 0 saturated carbocycles. The molecule has 0 radical (unpaired) electrons. The number of anilines is 1. The van der Waals surface area contributed by atoms with Crippen LogP contribution in [0.15, 0.2) is 53.4 Å². The third-order valence-electron chi connectivity index (χ3n) is 4.05. The number of likely N-dealkylation sites (tertiary alicyclic amines) is 1. The van der Waals surface area contributed by atoms with E-state index < -0.39 is 10.0 Å². The number of benzene rings is 2. The van der Waals surface area contributed by atoms with Gasteiger partial charge >= 0.3 is 0 Å². The van der Waals surface area contributed by atoms with Gasteiger partial charge in [-0.25, -0.2) is 8.42 Å². The van der Waals surface area contributed by atoms with E-state index in [1.165, 1.54) is 36.4 Å². The quantitative estimate of drug-likeness (QED) is 0.913. The van der Waals surface area contributed by atoms with Crippen molar-refractivity contribution >= 4 is 21.6 Å². The molecule has 128 valence electrons. The van der Waals surface area contributed by atoms with E-state index in [-0.39, 0.29) is 10.8 Å². The Kier molecular flexibility index (Phi) is 4.72. The summed E-state index contributed by atoms with van der Waals surface area (Å²) in [5.74, 6) is -0.145. The van der Waals surface area contributed by atoms with Gasteiger partial charge in [-0.15, -0.1) is 0 Å². The molecule has 0 aromatic heterocycles. The molecular formula is C18H17N3O3S. The van der Waals surface area contributed by atoms with Crippen molar-refractivity contribution in [3.63, 3.8) is 0 Å². The van der Waals surface area contributed by atoms with Gasteiger partial charge in [0.25, 0.3) is 15.9 Å². The van der Waals surface area contributed by atoms with E-state index >= 15 is 0 Å². The zero-order valence-corrected chi connectivity index (χ0v) is 14.3. The summed E-state index contributed by atoms with van der Waals surface area (Å²) in [4.78, 5) is 14.2. The van der Waals surface area contributed by atoms with Crippen LogP contribution >= 0.6 is 0 Å². The third-order valence-corrected chi connectivity index (χ3v) is 5.43. The van der Waals surface area contributed by atoms with Crippen molar-refractivity contribution in [1.82, 2.24) is 4.90 Å². The fourth-order valence-electron chi connectivity index (χ4n) is 2.73. The molecule has 1 heterocycles. The van der Waals surface area contributed by atoms with Crippen LogP contribution in [-0.4, -0.2) is 32.3 Å². The van der Waals surface area contributed by atoms with E-state index in [1.54, 1.807) is 17.0 Å². The summed E-state index contributed by atoms with van der Waals surface area (Å²) >= 11 is 0. The van der Waals surface area contributed by atoms with E-state index in [0.717, 1.165) is 12.8 Å². The van der Waals surface area contributed by atoms with Crippen LogP contribution in [0.4, 0.5) is 5.69 Å². The number of nitrogens with zero attached hydrogens (tertiary/aromatic N) is 2. The average Bonchev–Trinajstić information content (AvgIpc) is 3.16. The minimum Gasteiger partial charge on any atom is -0.339 e. The minimum absolute atomic E-state index is 0.0295. The molecular weight excluding hydrogens is 338 g/mol. The van der Waals surface area contributed by atoms with Crippen LogP contribution in [0.25, 0.3) is 0 Å². The molecule has 1 amide bonds. The van der Waals surface area contributed by atoms with Crippen LogP contribution in [0.5, 0.6) is 0 Å². The lowest BCUT2D eigenvalue weighted by Crippen LogP contribution is -2.27. The first kappa shape index (κ1) is 17.0. The van der Waals surface area contributed by atoms with E-state index in [1.807, 2.05) is 6.07 Å². The van der Waals surface area contributed by atoms with Gasteiger partial charge in [0.1, 0.15) is 0 Å². The Balaban J connectivity index is 1.83. The summed E-state index contributed by atoms with van der Waals surface area (Å²) in [6.07, 6.45) is 1.95. The molecule has 0 unspecified atom stereocenters. The Hall–Kier alpha value is -2.85. The molecule has 25 heavy (non-hydrogen) atoms. The molecule has 7 heteroatoms. The van der Waals surface area contributed by atoms with E-state index in [0.29, 0.717) is 29.9 Å². The molecule has 0 atom stereocenters. The number of rotatable bonds is 4. The van der Waals surface area contributed by atoms with Crippen molar-refractivity contribution < 1.29 is 13.2 Å². The second-order valence-electron chi connectivity index (χ2n) is 5.82. The lowest BCUT2D eigenvalue weighted by atomic mass is 10.2. The number of amides is 1. The fraction of sp³-hybridized carbons (Fsp3) is 0.222. The van der Waals surface area contributed by atoms with Crippen molar-refractivity contribution in [1.29, 1.82) is 5.26 Å². The summed E-state index contributed by atoms with van der Waals surface area (Å²) in [5.41, 5.74) is 1.17. The lowest BCUT2D eigenvalue weighted by molar-refractivity contribution is 0.0792. The van der Waals surface area contributed by atoms with Crippen molar-refractivity contribution in [3.05, 3.63) is 59.7 Å². The topological polar surface area (TPSA) is 90.3 Å². The van der Waals surface area contributed by atoms with Crippen molar-refractivity contribution in [3.8, 4) is 6.07 Å². The highest BCUT2D eigenvalue weighted by atomic mass is 32.2. The van der Waals surface area contributed by atoms with Gasteiger partial charge in [0.05, 0.1) is 16.5 Å². The summed E-state index contributed by atoms with van der Waals surface area (Å²) in [6, 6.07) is 14.1. The Morgan fingerprint density at radius 1 is 1.08 bits per heavy atom. The monoisotopic (exact) mass is 355 g/mol. The Bertz CT molecular complexity index is 925. The first-order valence-corrected chi connectivity index (χ1v) is 9.40. The van der Waals surface area contributed by atoms with Crippen molar-refractivity contribution in [2.45, 2.75) is 17.7 Å². The van der Waals surface area contributed by atoms with Crippen LogP contribution < -0.4 is 4.72 Å². The van der Waals surface area contributed by atoms with Crippen LogP contribution in [-0.2, 0) is 10.0 Å². The summed E-state index contributed by atoms with van der Waals surface area (Å²) in [6.45, 7) is 1.42. The van der Waals surface area contributed by atoms with Gasteiger partial charge < -0.3 is 4.90 Å². The van der Waals surface area contributed by atoms with Crippen LogP contribution in [0.2, 0.25) is 0 Å². The Morgan fingerprint density at radius 3 is 2.40 bits per heavy atom. The van der Waals surface area contributed by atoms with Gasteiger partial charge in [0.2, 0.25) is 0 Å². The van der Waals surface area contributed by atoms with Crippen LogP contribution in [0, 0.1) is 11.3 Å². The zero-order valence-electron chi connectivity index (χ0n) is 13.5. The third kappa shape index (κ3) is 3.80. The molecule has 0 bridgehead atoms. The van der Waals surface area contributed by atoms with E-state index in [9.17, 15) is 13.2 Å². The largest absolute Gasteiger partial charge is 0.339 e. The Morgan fingerprint density at radius 2 is 1.76 bits per heavy atom.